The summed E-state index contributed by atoms with van der Waals surface area (Å²) in [6.07, 6.45) is 4.14. The number of likely N-dealkylation sites (tertiary alicyclic amines) is 1. The Morgan fingerprint density at radius 3 is 2.59 bits per heavy atom. The first-order valence-corrected chi connectivity index (χ1v) is 7.63. The SMILES string of the molecule is O=C(NO)C1CCN(C(=O)/C=C/c2cccc(Cl)c2Cl)CC1. The third-order valence-corrected chi connectivity index (χ3v) is 4.51. The fourth-order valence-corrected chi connectivity index (χ4v) is 2.74. The summed E-state index contributed by atoms with van der Waals surface area (Å²) in [5, 5.41) is 9.45. The molecule has 0 radical (unpaired) electrons. The number of piperidine rings is 1. The van der Waals surface area contributed by atoms with Crippen molar-refractivity contribution in [3.8, 4) is 0 Å². The maximum Gasteiger partial charge on any atom is 0.246 e. The second-order valence-electron chi connectivity index (χ2n) is 5.05. The van der Waals surface area contributed by atoms with Crippen molar-refractivity contribution in [1.82, 2.24) is 10.4 Å². The van der Waals surface area contributed by atoms with Gasteiger partial charge in [0.15, 0.2) is 0 Å². The fraction of sp³-hybridized carbons (Fsp3) is 0.333. The molecule has 0 bridgehead atoms. The molecule has 1 saturated heterocycles. The van der Waals surface area contributed by atoms with E-state index in [-0.39, 0.29) is 11.8 Å². The predicted octanol–water partition coefficient (Wildman–Crippen LogP) is 2.75. The zero-order chi connectivity index (χ0) is 16.1. The Bertz CT molecular complexity index is 596. The standard InChI is InChI=1S/C15H16Cl2N2O3/c16-12-3-1-2-10(14(12)17)4-5-13(20)19-8-6-11(7-9-19)15(21)18-22/h1-5,11,22H,6-9H2,(H,18,21)/b5-4+. The number of hydrogen-bond donors (Lipinski definition) is 2. The Balaban J connectivity index is 1.95. The van der Waals surface area contributed by atoms with E-state index in [1.54, 1.807) is 34.7 Å². The van der Waals surface area contributed by atoms with Crippen LogP contribution in [0.25, 0.3) is 6.08 Å². The van der Waals surface area contributed by atoms with Crippen LogP contribution in [-0.4, -0.2) is 35.0 Å². The number of nitrogens with zero attached hydrogens (tertiary/aromatic N) is 1. The number of rotatable bonds is 3. The molecule has 1 heterocycles. The molecule has 0 unspecified atom stereocenters. The molecule has 1 aromatic carbocycles. The third-order valence-electron chi connectivity index (χ3n) is 3.67. The number of benzene rings is 1. The smallest absolute Gasteiger partial charge is 0.246 e. The van der Waals surface area contributed by atoms with Crippen molar-refractivity contribution in [2.75, 3.05) is 13.1 Å². The summed E-state index contributed by atoms with van der Waals surface area (Å²) in [7, 11) is 0. The van der Waals surface area contributed by atoms with Crippen molar-refractivity contribution in [3.05, 3.63) is 39.9 Å². The minimum absolute atomic E-state index is 0.140. The molecule has 7 heteroatoms. The molecule has 1 aromatic rings. The van der Waals surface area contributed by atoms with Crippen LogP contribution in [-0.2, 0) is 9.59 Å². The van der Waals surface area contributed by atoms with Gasteiger partial charge in [0, 0.05) is 25.1 Å². The highest BCUT2D eigenvalue weighted by atomic mass is 35.5. The number of amides is 2. The van der Waals surface area contributed by atoms with E-state index in [1.807, 2.05) is 0 Å². The van der Waals surface area contributed by atoms with Gasteiger partial charge < -0.3 is 4.90 Å². The van der Waals surface area contributed by atoms with Crippen molar-refractivity contribution < 1.29 is 14.8 Å². The molecule has 0 spiro atoms. The minimum atomic E-state index is -0.395. The third kappa shape index (κ3) is 4.00. The van der Waals surface area contributed by atoms with E-state index in [0.717, 1.165) is 0 Å². The van der Waals surface area contributed by atoms with Gasteiger partial charge in [-0.15, -0.1) is 0 Å². The van der Waals surface area contributed by atoms with E-state index in [0.29, 0.717) is 41.5 Å². The lowest BCUT2D eigenvalue weighted by Crippen LogP contribution is -2.41. The van der Waals surface area contributed by atoms with Crippen LogP contribution in [0.3, 0.4) is 0 Å². The average Bonchev–Trinajstić information content (AvgIpc) is 2.55. The molecule has 1 fully saturated rings. The van der Waals surface area contributed by atoms with E-state index >= 15 is 0 Å². The lowest BCUT2D eigenvalue weighted by atomic mass is 9.96. The molecule has 2 N–H and O–H groups in total. The second kappa shape index (κ2) is 7.63. The van der Waals surface area contributed by atoms with Gasteiger partial charge in [-0.2, -0.15) is 0 Å². The number of hydrogen-bond acceptors (Lipinski definition) is 3. The molecule has 0 atom stereocenters. The Morgan fingerprint density at radius 2 is 1.95 bits per heavy atom. The van der Waals surface area contributed by atoms with E-state index in [2.05, 4.69) is 0 Å². The van der Waals surface area contributed by atoms with Gasteiger partial charge in [0.05, 0.1) is 10.0 Å². The molecule has 5 nitrogen and oxygen atoms in total. The molecule has 2 rings (SSSR count). The lowest BCUT2D eigenvalue weighted by molar-refractivity contribution is -0.137. The first-order valence-electron chi connectivity index (χ1n) is 6.88. The van der Waals surface area contributed by atoms with Crippen LogP contribution in [0.15, 0.2) is 24.3 Å². The summed E-state index contributed by atoms with van der Waals surface area (Å²) in [6, 6.07) is 5.22. The molecule has 0 saturated carbocycles. The Hall–Kier alpha value is -1.56. The summed E-state index contributed by atoms with van der Waals surface area (Å²) in [6.45, 7) is 0.953. The molecule has 118 valence electrons. The van der Waals surface area contributed by atoms with E-state index < -0.39 is 5.91 Å². The van der Waals surface area contributed by atoms with Crippen molar-refractivity contribution in [3.63, 3.8) is 0 Å². The zero-order valence-electron chi connectivity index (χ0n) is 11.8. The molecule has 0 aromatic heterocycles. The van der Waals surface area contributed by atoms with Gasteiger partial charge in [-0.1, -0.05) is 35.3 Å². The van der Waals surface area contributed by atoms with Gasteiger partial charge in [-0.05, 0) is 30.5 Å². The maximum atomic E-state index is 12.1. The number of carbonyl (C=O) groups excluding carboxylic acids is 2. The number of nitrogens with one attached hydrogen (secondary N) is 1. The Kier molecular flexibility index (Phi) is 5.83. The maximum absolute atomic E-state index is 12.1. The van der Waals surface area contributed by atoms with Crippen LogP contribution in [0.1, 0.15) is 18.4 Å². The number of halogens is 2. The molecule has 0 aliphatic carbocycles. The molecule has 2 amide bonds. The highest BCUT2D eigenvalue weighted by molar-refractivity contribution is 6.42. The zero-order valence-corrected chi connectivity index (χ0v) is 13.3. The van der Waals surface area contributed by atoms with Crippen molar-refractivity contribution in [2.24, 2.45) is 5.92 Å². The van der Waals surface area contributed by atoms with Gasteiger partial charge in [-0.3, -0.25) is 14.8 Å². The normalized spacial score (nSPS) is 16.0. The van der Waals surface area contributed by atoms with Crippen LogP contribution in [0.4, 0.5) is 0 Å². The molecule has 1 aliphatic heterocycles. The first-order chi connectivity index (χ1) is 10.5. The number of hydroxylamine groups is 1. The largest absolute Gasteiger partial charge is 0.339 e. The van der Waals surface area contributed by atoms with E-state index in [1.165, 1.54) is 6.08 Å². The Labute approximate surface area is 138 Å². The molecule has 22 heavy (non-hydrogen) atoms. The molecule has 1 aliphatic rings. The highest BCUT2D eigenvalue weighted by Crippen LogP contribution is 2.26. The van der Waals surface area contributed by atoms with Crippen LogP contribution < -0.4 is 5.48 Å². The second-order valence-corrected chi connectivity index (χ2v) is 5.84. The van der Waals surface area contributed by atoms with Crippen molar-refractivity contribution in [2.45, 2.75) is 12.8 Å². The summed E-state index contributed by atoms with van der Waals surface area (Å²) >= 11 is 12.0. The van der Waals surface area contributed by atoms with Gasteiger partial charge in [-0.25, -0.2) is 5.48 Å². The monoisotopic (exact) mass is 342 g/mol. The van der Waals surface area contributed by atoms with Crippen LogP contribution in [0, 0.1) is 5.92 Å². The first kappa shape index (κ1) is 16.8. The summed E-state index contributed by atoms with van der Waals surface area (Å²) in [5.74, 6) is -0.785. The van der Waals surface area contributed by atoms with Crippen LogP contribution >= 0.6 is 23.2 Å². The topological polar surface area (TPSA) is 69.6 Å². The molecular formula is C15H16Cl2N2O3. The van der Waals surface area contributed by atoms with E-state index in [4.69, 9.17) is 28.4 Å². The van der Waals surface area contributed by atoms with Gasteiger partial charge in [0.1, 0.15) is 0 Å². The average molecular weight is 343 g/mol. The summed E-state index contributed by atoms with van der Waals surface area (Å²) < 4.78 is 0. The summed E-state index contributed by atoms with van der Waals surface area (Å²) in [4.78, 5) is 25.1. The number of carbonyl (C=O) groups is 2. The van der Waals surface area contributed by atoms with Crippen LogP contribution in [0.5, 0.6) is 0 Å². The van der Waals surface area contributed by atoms with Crippen LogP contribution in [0.2, 0.25) is 10.0 Å². The van der Waals surface area contributed by atoms with Crippen molar-refractivity contribution >= 4 is 41.1 Å². The van der Waals surface area contributed by atoms with Gasteiger partial charge in [0.2, 0.25) is 11.8 Å². The highest BCUT2D eigenvalue weighted by Gasteiger charge is 2.26. The fourth-order valence-electron chi connectivity index (χ4n) is 2.37. The molecular weight excluding hydrogens is 327 g/mol. The summed E-state index contributed by atoms with van der Waals surface area (Å²) in [5.41, 5.74) is 2.33. The quantitative estimate of drug-likeness (QED) is 0.504. The lowest BCUT2D eigenvalue weighted by Gasteiger charge is -2.30. The van der Waals surface area contributed by atoms with Gasteiger partial charge >= 0.3 is 0 Å². The predicted molar refractivity (Wildman–Crippen MR) is 84.7 cm³/mol. The minimum Gasteiger partial charge on any atom is -0.339 e. The van der Waals surface area contributed by atoms with E-state index in [9.17, 15) is 9.59 Å². The Morgan fingerprint density at radius 1 is 1.27 bits per heavy atom. The van der Waals surface area contributed by atoms with Gasteiger partial charge in [0.25, 0.3) is 0 Å². The van der Waals surface area contributed by atoms with Crippen molar-refractivity contribution in [1.29, 1.82) is 0 Å².